The van der Waals surface area contributed by atoms with E-state index in [0.29, 0.717) is 6.54 Å². The minimum atomic E-state index is 0.0221. The first kappa shape index (κ1) is 13.5. The summed E-state index contributed by atoms with van der Waals surface area (Å²) in [7, 11) is 0. The molecule has 1 rings (SSSR count). The van der Waals surface area contributed by atoms with E-state index >= 15 is 0 Å². The van der Waals surface area contributed by atoms with Gasteiger partial charge in [-0.25, -0.2) is 0 Å². The molecule has 0 aliphatic heterocycles. The van der Waals surface area contributed by atoms with Gasteiger partial charge in [-0.2, -0.15) is 0 Å². The average molecular weight is 288 g/mol. The van der Waals surface area contributed by atoms with Crippen LogP contribution in [-0.4, -0.2) is 29.9 Å². The summed E-state index contributed by atoms with van der Waals surface area (Å²) in [5.41, 5.74) is 1.89. The minimum Gasteiger partial charge on any atom is -0.395 e. The lowest BCUT2D eigenvalue weighted by Crippen LogP contribution is -2.28. The fourth-order valence-electron chi connectivity index (χ4n) is 1.71. The number of hydrogen-bond donors (Lipinski definition) is 2. The Balaban J connectivity index is 3.00. The predicted octanol–water partition coefficient (Wildman–Crippen LogP) is 2.15. The van der Waals surface area contributed by atoms with E-state index < -0.39 is 0 Å². The van der Waals surface area contributed by atoms with Crippen molar-refractivity contribution in [1.29, 1.82) is 0 Å². The van der Waals surface area contributed by atoms with Crippen LogP contribution in [0.1, 0.15) is 18.9 Å². The number of nitrogens with zero attached hydrogens (tertiary/aromatic N) is 1. The summed E-state index contributed by atoms with van der Waals surface area (Å²) in [5, 5.41) is 18.3. The third kappa shape index (κ3) is 3.47. The van der Waals surface area contributed by atoms with Crippen LogP contribution in [-0.2, 0) is 6.61 Å². The van der Waals surface area contributed by atoms with E-state index in [-0.39, 0.29) is 13.2 Å². The lowest BCUT2D eigenvalue weighted by atomic mass is 10.1. The van der Waals surface area contributed by atoms with Crippen LogP contribution >= 0.6 is 15.9 Å². The minimum absolute atomic E-state index is 0.0221. The zero-order valence-electron chi connectivity index (χ0n) is 9.49. The Morgan fingerprint density at radius 3 is 2.56 bits per heavy atom. The molecule has 0 aliphatic rings. The Morgan fingerprint density at radius 2 is 2.00 bits per heavy atom. The summed E-state index contributed by atoms with van der Waals surface area (Å²) in [6.45, 7) is 3.72. The van der Waals surface area contributed by atoms with Gasteiger partial charge in [0.1, 0.15) is 0 Å². The molecular formula is C12H18BrNO2. The molecule has 0 spiro atoms. The highest BCUT2D eigenvalue weighted by atomic mass is 79.9. The molecular weight excluding hydrogens is 270 g/mol. The van der Waals surface area contributed by atoms with Gasteiger partial charge >= 0.3 is 0 Å². The molecule has 3 nitrogen and oxygen atoms in total. The van der Waals surface area contributed by atoms with E-state index in [9.17, 15) is 5.11 Å². The van der Waals surface area contributed by atoms with E-state index in [1.807, 2.05) is 18.2 Å². The van der Waals surface area contributed by atoms with Gasteiger partial charge in [0.2, 0.25) is 0 Å². The SMILES string of the molecule is CCCN(CCO)c1cc(Br)ccc1CO. The maximum Gasteiger partial charge on any atom is 0.0702 e. The van der Waals surface area contributed by atoms with Crippen LogP contribution in [0.15, 0.2) is 22.7 Å². The largest absolute Gasteiger partial charge is 0.395 e. The van der Waals surface area contributed by atoms with Gasteiger partial charge in [0.25, 0.3) is 0 Å². The van der Waals surface area contributed by atoms with Gasteiger partial charge in [0.05, 0.1) is 13.2 Å². The molecule has 1 aromatic carbocycles. The highest BCUT2D eigenvalue weighted by molar-refractivity contribution is 9.10. The highest BCUT2D eigenvalue weighted by Crippen LogP contribution is 2.25. The second kappa shape index (κ2) is 6.89. The Bertz CT molecular complexity index is 325. The highest BCUT2D eigenvalue weighted by Gasteiger charge is 2.10. The van der Waals surface area contributed by atoms with Crippen molar-refractivity contribution in [2.24, 2.45) is 0 Å². The molecule has 0 radical (unpaired) electrons. The lowest BCUT2D eigenvalue weighted by Gasteiger charge is -2.25. The van der Waals surface area contributed by atoms with E-state index in [2.05, 4.69) is 27.8 Å². The Hall–Kier alpha value is -0.580. The molecule has 0 heterocycles. The third-order valence-corrected chi connectivity index (χ3v) is 2.92. The summed E-state index contributed by atoms with van der Waals surface area (Å²) >= 11 is 3.43. The average Bonchev–Trinajstić information content (AvgIpc) is 2.29. The van der Waals surface area contributed by atoms with Gasteiger partial charge in [-0.3, -0.25) is 0 Å². The number of aliphatic hydroxyl groups excluding tert-OH is 2. The molecule has 0 atom stereocenters. The van der Waals surface area contributed by atoms with Crippen LogP contribution in [0.3, 0.4) is 0 Å². The number of anilines is 1. The number of rotatable bonds is 6. The van der Waals surface area contributed by atoms with E-state index in [0.717, 1.165) is 28.7 Å². The van der Waals surface area contributed by atoms with Crippen molar-refractivity contribution < 1.29 is 10.2 Å². The quantitative estimate of drug-likeness (QED) is 0.843. The van der Waals surface area contributed by atoms with Crippen molar-refractivity contribution in [2.45, 2.75) is 20.0 Å². The molecule has 0 saturated carbocycles. The second-order valence-electron chi connectivity index (χ2n) is 3.64. The van der Waals surface area contributed by atoms with Crippen LogP contribution < -0.4 is 4.90 Å². The maximum atomic E-state index is 9.29. The van der Waals surface area contributed by atoms with Gasteiger partial charge in [0, 0.05) is 28.8 Å². The first-order valence-corrected chi connectivity index (χ1v) is 6.27. The summed E-state index contributed by atoms with van der Waals surface area (Å²) in [6, 6.07) is 5.80. The molecule has 0 fully saturated rings. The van der Waals surface area contributed by atoms with Crippen molar-refractivity contribution >= 4 is 21.6 Å². The van der Waals surface area contributed by atoms with Crippen LogP contribution in [0.25, 0.3) is 0 Å². The molecule has 0 aromatic heterocycles. The fraction of sp³-hybridized carbons (Fsp3) is 0.500. The van der Waals surface area contributed by atoms with Crippen molar-refractivity contribution in [3.63, 3.8) is 0 Å². The maximum absolute atomic E-state index is 9.29. The first-order chi connectivity index (χ1) is 7.72. The summed E-state index contributed by atoms with van der Waals surface area (Å²) in [5.74, 6) is 0. The first-order valence-electron chi connectivity index (χ1n) is 5.48. The zero-order valence-corrected chi connectivity index (χ0v) is 11.1. The van der Waals surface area contributed by atoms with Crippen LogP contribution in [0.4, 0.5) is 5.69 Å². The summed E-state index contributed by atoms with van der Waals surface area (Å²) < 4.78 is 0.985. The molecule has 2 N–H and O–H groups in total. The zero-order chi connectivity index (χ0) is 12.0. The summed E-state index contributed by atoms with van der Waals surface area (Å²) in [4.78, 5) is 2.09. The molecule has 0 aliphatic carbocycles. The predicted molar refractivity (Wildman–Crippen MR) is 69.7 cm³/mol. The molecule has 1 aromatic rings. The van der Waals surface area contributed by atoms with Crippen LogP contribution in [0, 0.1) is 0 Å². The van der Waals surface area contributed by atoms with Crippen molar-refractivity contribution in [1.82, 2.24) is 0 Å². The Labute approximate surface area is 105 Å². The van der Waals surface area contributed by atoms with Crippen molar-refractivity contribution in [3.8, 4) is 0 Å². The molecule has 4 heteroatoms. The van der Waals surface area contributed by atoms with Gasteiger partial charge in [-0.15, -0.1) is 0 Å². The van der Waals surface area contributed by atoms with Crippen LogP contribution in [0.2, 0.25) is 0 Å². The van der Waals surface area contributed by atoms with Gasteiger partial charge in [0.15, 0.2) is 0 Å². The molecule has 0 amide bonds. The fourth-order valence-corrected chi connectivity index (χ4v) is 2.06. The van der Waals surface area contributed by atoms with Gasteiger partial charge in [-0.1, -0.05) is 28.9 Å². The van der Waals surface area contributed by atoms with E-state index in [4.69, 9.17) is 5.11 Å². The van der Waals surface area contributed by atoms with Gasteiger partial charge < -0.3 is 15.1 Å². The summed E-state index contributed by atoms with van der Waals surface area (Å²) in [6.07, 6.45) is 1.01. The normalized spacial score (nSPS) is 10.5. The molecule has 0 saturated heterocycles. The van der Waals surface area contributed by atoms with Crippen molar-refractivity contribution in [3.05, 3.63) is 28.2 Å². The van der Waals surface area contributed by atoms with Crippen molar-refractivity contribution in [2.75, 3.05) is 24.6 Å². The van der Waals surface area contributed by atoms with E-state index in [1.54, 1.807) is 0 Å². The number of hydrogen-bond acceptors (Lipinski definition) is 3. The topological polar surface area (TPSA) is 43.7 Å². The Kier molecular flexibility index (Phi) is 5.80. The molecule has 0 unspecified atom stereocenters. The number of benzene rings is 1. The van der Waals surface area contributed by atoms with E-state index in [1.165, 1.54) is 0 Å². The third-order valence-electron chi connectivity index (χ3n) is 2.42. The smallest absolute Gasteiger partial charge is 0.0702 e. The standard InChI is InChI=1S/C12H18BrNO2/c1-2-5-14(6-7-15)12-8-11(13)4-3-10(12)9-16/h3-4,8,15-16H,2,5-7,9H2,1H3. The second-order valence-corrected chi connectivity index (χ2v) is 4.56. The van der Waals surface area contributed by atoms with Gasteiger partial charge in [-0.05, 0) is 18.6 Å². The molecule has 0 bridgehead atoms. The number of halogens is 1. The monoisotopic (exact) mass is 287 g/mol. The Morgan fingerprint density at radius 1 is 1.25 bits per heavy atom. The number of aliphatic hydroxyl groups is 2. The van der Waals surface area contributed by atoms with Crippen LogP contribution in [0.5, 0.6) is 0 Å². The molecule has 90 valence electrons. The molecule has 16 heavy (non-hydrogen) atoms. The lowest BCUT2D eigenvalue weighted by molar-refractivity contribution is 0.280.